The molecule has 3 amide bonds. The topological polar surface area (TPSA) is 66.1 Å². The molecule has 1 aromatic carbocycles. The molecule has 1 aliphatic rings. The van der Waals surface area contributed by atoms with Crippen LogP contribution in [0.15, 0.2) is 52.0 Å². The van der Waals surface area contributed by atoms with Gasteiger partial charge in [0.1, 0.15) is 18.1 Å². The van der Waals surface area contributed by atoms with Gasteiger partial charge in [0.2, 0.25) is 0 Å². The third kappa shape index (κ3) is 4.64. The standard InChI is InChI=1S/C18H18N3O3.Y/c1-2-3-11-20-17(22)13-21(18(20)23)19-12-15-9-10-16(24-15)14-7-5-4-6-8-14;/h4-10,12H,1-3,11,13H2;/q-1;/b19-12+;. The van der Waals surface area contributed by atoms with Crippen LogP contribution in [0.1, 0.15) is 18.6 Å². The first kappa shape index (κ1) is 19.5. The molecule has 0 N–H and O–H groups in total. The average Bonchev–Trinajstić information content (AvgIpc) is 3.17. The molecule has 1 aliphatic heterocycles. The van der Waals surface area contributed by atoms with Crippen molar-refractivity contribution in [1.29, 1.82) is 0 Å². The van der Waals surface area contributed by atoms with E-state index in [1.807, 2.05) is 36.4 Å². The van der Waals surface area contributed by atoms with Gasteiger partial charge in [-0.3, -0.25) is 9.69 Å². The fraction of sp³-hybridized carbons (Fsp3) is 0.222. The Labute approximate surface area is 171 Å². The molecule has 0 saturated carbocycles. The normalized spacial score (nSPS) is 14.4. The van der Waals surface area contributed by atoms with Crippen LogP contribution in [0.3, 0.4) is 0 Å². The second kappa shape index (κ2) is 9.06. The number of carbonyl (C=O) groups excluding carboxylic acids is 2. The minimum Gasteiger partial charge on any atom is -0.455 e. The number of furan rings is 1. The molecule has 6 nitrogen and oxygen atoms in total. The molecule has 1 saturated heterocycles. The van der Waals surface area contributed by atoms with Gasteiger partial charge in [0, 0.05) is 44.8 Å². The van der Waals surface area contributed by atoms with Gasteiger partial charge in [-0.05, 0) is 12.1 Å². The van der Waals surface area contributed by atoms with Gasteiger partial charge in [0.15, 0.2) is 0 Å². The number of unbranched alkanes of at least 4 members (excludes halogenated alkanes) is 1. The van der Waals surface area contributed by atoms with E-state index in [9.17, 15) is 9.59 Å². The van der Waals surface area contributed by atoms with Crippen LogP contribution < -0.4 is 0 Å². The number of imide groups is 1. The maximum absolute atomic E-state index is 12.1. The van der Waals surface area contributed by atoms with Crippen molar-refractivity contribution >= 4 is 18.2 Å². The molecular weight excluding hydrogens is 395 g/mol. The van der Waals surface area contributed by atoms with Crippen LogP contribution in [0, 0.1) is 6.92 Å². The number of benzene rings is 1. The maximum Gasteiger partial charge on any atom is 0.347 e. The number of nitrogens with zero attached hydrogens (tertiary/aromatic N) is 3. The van der Waals surface area contributed by atoms with Crippen molar-refractivity contribution < 1.29 is 46.7 Å². The summed E-state index contributed by atoms with van der Waals surface area (Å²) >= 11 is 0. The van der Waals surface area contributed by atoms with Gasteiger partial charge in [-0.25, -0.2) is 9.80 Å². The fourth-order valence-electron chi connectivity index (χ4n) is 2.41. The number of amides is 3. The second-order valence-corrected chi connectivity index (χ2v) is 5.41. The van der Waals surface area contributed by atoms with Crippen molar-refractivity contribution in [1.82, 2.24) is 9.91 Å². The number of carbonyl (C=O) groups is 2. The van der Waals surface area contributed by atoms with Crippen LogP contribution in [0.5, 0.6) is 0 Å². The summed E-state index contributed by atoms with van der Waals surface area (Å²) < 4.78 is 5.69. The van der Waals surface area contributed by atoms with E-state index in [0.717, 1.165) is 16.3 Å². The smallest absolute Gasteiger partial charge is 0.347 e. The summed E-state index contributed by atoms with van der Waals surface area (Å²) in [5, 5.41) is 5.23. The van der Waals surface area contributed by atoms with Gasteiger partial charge in [-0.1, -0.05) is 36.8 Å². The molecule has 127 valence electrons. The van der Waals surface area contributed by atoms with Crippen LogP contribution in [-0.2, 0) is 37.5 Å². The molecule has 0 bridgehead atoms. The summed E-state index contributed by atoms with van der Waals surface area (Å²) in [4.78, 5) is 25.2. The van der Waals surface area contributed by atoms with Crippen LogP contribution in [0.25, 0.3) is 11.3 Å². The van der Waals surface area contributed by atoms with Crippen LogP contribution in [0.4, 0.5) is 4.79 Å². The summed E-state index contributed by atoms with van der Waals surface area (Å²) in [6.07, 6.45) is 2.81. The Morgan fingerprint density at radius 3 is 2.64 bits per heavy atom. The third-order valence-corrected chi connectivity index (χ3v) is 3.68. The Hall–Kier alpha value is -1.79. The summed E-state index contributed by atoms with van der Waals surface area (Å²) in [6.45, 7) is 4.05. The quantitative estimate of drug-likeness (QED) is 0.415. The largest absolute Gasteiger partial charge is 0.455 e. The van der Waals surface area contributed by atoms with Gasteiger partial charge in [0.25, 0.3) is 5.91 Å². The molecule has 2 heterocycles. The molecule has 3 rings (SSSR count). The Kier molecular flexibility index (Phi) is 7.08. The zero-order valence-electron chi connectivity index (χ0n) is 13.8. The van der Waals surface area contributed by atoms with E-state index in [1.54, 1.807) is 6.07 Å². The molecule has 0 atom stereocenters. The first-order valence-electron chi connectivity index (χ1n) is 7.79. The molecule has 0 spiro atoms. The molecule has 25 heavy (non-hydrogen) atoms. The second-order valence-electron chi connectivity index (χ2n) is 5.41. The van der Waals surface area contributed by atoms with Crippen molar-refractivity contribution in [3.05, 3.63) is 55.1 Å². The van der Waals surface area contributed by atoms with Crippen molar-refractivity contribution in [2.75, 3.05) is 13.1 Å². The van der Waals surface area contributed by atoms with Crippen LogP contribution in [0.2, 0.25) is 0 Å². The van der Waals surface area contributed by atoms with E-state index in [2.05, 4.69) is 12.0 Å². The van der Waals surface area contributed by atoms with Crippen LogP contribution >= 0.6 is 0 Å². The zero-order chi connectivity index (χ0) is 16.9. The molecule has 0 aliphatic carbocycles. The summed E-state index contributed by atoms with van der Waals surface area (Å²) in [6, 6.07) is 12.9. The molecule has 1 fully saturated rings. The van der Waals surface area contributed by atoms with E-state index in [0.29, 0.717) is 25.1 Å². The Morgan fingerprint density at radius 2 is 1.92 bits per heavy atom. The van der Waals surface area contributed by atoms with Crippen molar-refractivity contribution in [3.8, 4) is 11.3 Å². The van der Waals surface area contributed by atoms with E-state index in [1.165, 1.54) is 11.1 Å². The molecular formula is C18H18N3O3Y-. The summed E-state index contributed by atoms with van der Waals surface area (Å²) in [7, 11) is 0. The molecule has 0 unspecified atom stereocenters. The number of hydrogen-bond acceptors (Lipinski definition) is 4. The zero-order valence-corrected chi connectivity index (χ0v) is 16.6. The Morgan fingerprint density at radius 1 is 1.16 bits per heavy atom. The van der Waals surface area contributed by atoms with Gasteiger partial charge in [0.05, 0.1) is 6.21 Å². The SMILES string of the molecule is [CH2-]CCCN1C(=O)CN(/N=C/c2ccc(-c3ccccc3)o2)C1=O.[Y]. The Balaban J connectivity index is 0.00000225. The molecule has 1 aromatic heterocycles. The van der Waals surface area contributed by atoms with Gasteiger partial charge in [-0.2, -0.15) is 11.5 Å². The first-order valence-corrected chi connectivity index (χ1v) is 7.79. The van der Waals surface area contributed by atoms with Gasteiger partial charge < -0.3 is 11.3 Å². The monoisotopic (exact) mass is 413 g/mol. The predicted octanol–water partition coefficient (Wildman–Crippen LogP) is 3.16. The van der Waals surface area contributed by atoms with Crippen molar-refractivity contribution in [3.63, 3.8) is 0 Å². The predicted molar refractivity (Wildman–Crippen MR) is 90.1 cm³/mol. The molecule has 1 radical (unpaired) electrons. The maximum atomic E-state index is 12.1. The first-order chi connectivity index (χ1) is 11.7. The van der Waals surface area contributed by atoms with E-state index in [-0.39, 0.29) is 45.2 Å². The summed E-state index contributed by atoms with van der Waals surface area (Å²) in [5.41, 5.74) is 0.962. The minimum atomic E-state index is -0.403. The van der Waals surface area contributed by atoms with Crippen LogP contribution in [-0.4, -0.2) is 41.2 Å². The number of hydrogen-bond donors (Lipinski definition) is 0. The average molecular weight is 413 g/mol. The number of rotatable bonds is 6. The van der Waals surface area contributed by atoms with Crippen molar-refractivity contribution in [2.45, 2.75) is 12.8 Å². The van der Waals surface area contributed by atoms with Gasteiger partial charge in [-0.15, -0.1) is 0 Å². The number of hydrazone groups is 1. The van der Waals surface area contributed by atoms with E-state index in [4.69, 9.17) is 4.42 Å². The van der Waals surface area contributed by atoms with Gasteiger partial charge >= 0.3 is 6.03 Å². The minimum absolute atomic E-state index is 0. The third-order valence-electron chi connectivity index (χ3n) is 3.68. The molecule has 2 aromatic rings. The van der Waals surface area contributed by atoms with Crippen molar-refractivity contribution in [2.24, 2.45) is 5.10 Å². The summed E-state index contributed by atoms with van der Waals surface area (Å²) in [5.74, 6) is 0.998. The van der Waals surface area contributed by atoms with E-state index < -0.39 is 6.03 Å². The van der Waals surface area contributed by atoms with E-state index >= 15 is 0 Å². The Bertz CT molecular complexity index is 758. The number of urea groups is 1. The fourth-order valence-corrected chi connectivity index (χ4v) is 2.41. The molecule has 7 heteroatoms.